The first-order chi connectivity index (χ1) is 6.14. The van der Waals surface area contributed by atoms with Crippen molar-refractivity contribution in [1.82, 2.24) is 0 Å². The third kappa shape index (κ3) is 1.41. The van der Waals surface area contributed by atoms with Crippen molar-refractivity contribution in [2.45, 2.75) is 58.5 Å². The fourth-order valence-electron chi connectivity index (χ4n) is 3.47. The standard InChI is InChI=1S/C12H22O/c1-12(2)10-8-6-4-3-5-7-9(10)11(12)13/h9-11,13H,3-8H2,1-2H3. The summed E-state index contributed by atoms with van der Waals surface area (Å²) in [6, 6.07) is 0. The molecule has 0 aromatic rings. The van der Waals surface area contributed by atoms with Crippen LogP contribution in [-0.2, 0) is 0 Å². The van der Waals surface area contributed by atoms with Gasteiger partial charge in [-0.1, -0.05) is 39.5 Å². The number of aliphatic hydroxyl groups is 1. The van der Waals surface area contributed by atoms with Crippen LogP contribution in [0.3, 0.4) is 0 Å². The number of hydrogen-bond acceptors (Lipinski definition) is 1. The van der Waals surface area contributed by atoms with E-state index in [1.807, 2.05) is 0 Å². The lowest BCUT2D eigenvalue weighted by molar-refractivity contribution is -0.168. The topological polar surface area (TPSA) is 20.2 Å². The van der Waals surface area contributed by atoms with Gasteiger partial charge in [0.05, 0.1) is 6.10 Å². The van der Waals surface area contributed by atoms with Gasteiger partial charge in [0.15, 0.2) is 0 Å². The van der Waals surface area contributed by atoms with Crippen molar-refractivity contribution in [3.63, 3.8) is 0 Å². The normalized spacial score (nSPS) is 44.1. The summed E-state index contributed by atoms with van der Waals surface area (Å²) in [4.78, 5) is 0. The first kappa shape index (κ1) is 9.51. The Morgan fingerprint density at radius 3 is 2.31 bits per heavy atom. The molecule has 0 amide bonds. The van der Waals surface area contributed by atoms with Crippen LogP contribution >= 0.6 is 0 Å². The van der Waals surface area contributed by atoms with E-state index >= 15 is 0 Å². The molecule has 2 aliphatic rings. The van der Waals surface area contributed by atoms with Crippen LogP contribution in [0, 0.1) is 17.3 Å². The monoisotopic (exact) mass is 182 g/mol. The molecule has 0 radical (unpaired) electrons. The van der Waals surface area contributed by atoms with Gasteiger partial charge in [-0.25, -0.2) is 0 Å². The zero-order chi connectivity index (χ0) is 9.47. The van der Waals surface area contributed by atoms with Gasteiger partial charge in [-0.3, -0.25) is 0 Å². The molecule has 0 saturated heterocycles. The first-order valence-electron chi connectivity index (χ1n) is 5.82. The SMILES string of the molecule is CC1(C)C(O)C2CCCCCCC21. The van der Waals surface area contributed by atoms with Crippen LogP contribution in [0.1, 0.15) is 52.4 Å². The van der Waals surface area contributed by atoms with E-state index in [1.165, 1.54) is 38.5 Å². The lowest BCUT2D eigenvalue weighted by Crippen LogP contribution is -2.57. The average molecular weight is 182 g/mol. The van der Waals surface area contributed by atoms with Crippen LogP contribution in [0.15, 0.2) is 0 Å². The molecule has 1 N–H and O–H groups in total. The molecule has 0 aromatic heterocycles. The minimum absolute atomic E-state index is 0.0180. The Hall–Kier alpha value is -0.0400. The molecule has 76 valence electrons. The molecular weight excluding hydrogens is 160 g/mol. The van der Waals surface area contributed by atoms with Crippen LogP contribution in [0.5, 0.6) is 0 Å². The highest BCUT2D eigenvalue weighted by Gasteiger charge is 2.54. The molecule has 0 spiro atoms. The highest BCUT2D eigenvalue weighted by molar-refractivity contribution is 5.03. The molecule has 3 unspecified atom stereocenters. The lowest BCUT2D eigenvalue weighted by atomic mass is 9.50. The molecule has 3 atom stereocenters. The predicted molar refractivity (Wildman–Crippen MR) is 54.5 cm³/mol. The van der Waals surface area contributed by atoms with E-state index in [0.717, 1.165) is 5.92 Å². The summed E-state index contributed by atoms with van der Waals surface area (Å²) in [5.41, 5.74) is 0.210. The minimum Gasteiger partial charge on any atom is -0.392 e. The van der Waals surface area contributed by atoms with Gasteiger partial charge in [0, 0.05) is 0 Å². The smallest absolute Gasteiger partial charge is 0.0624 e. The van der Waals surface area contributed by atoms with Gasteiger partial charge < -0.3 is 5.11 Å². The molecule has 0 heterocycles. The Labute approximate surface area is 81.5 Å². The van der Waals surface area contributed by atoms with Crippen molar-refractivity contribution >= 4 is 0 Å². The van der Waals surface area contributed by atoms with Crippen LogP contribution in [-0.4, -0.2) is 11.2 Å². The Kier molecular flexibility index (Phi) is 2.39. The first-order valence-corrected chi connectivity index (χ1v) is 5.82. The molecule has 0 aliphatic heterocycles. The molecule has 1 nitrogen and oxygen atoms in total. The highest BCUT2D eigenvalue weighted by Crippen LogP contribution is 2.55. The summed E-state index contributed by atoms with van der Waals surface area (Å²) in [7, 11) is 0. The van der Waals surface area contributed by atoms with Crippen LogP contribution in [0.2, 0.25) is 0 Å². The molecule has 13 heavy (non-hydrogen) atoms. The quantitative estimate of drug-likeness (QED) is 0.610. The second kappa shape index (κ2) is 3.27. The fourth-order valence-corrected chi connectivity index (χ4v) is 3.47. The van der Waals surface area contributed by atoms with Gasteiger partial charge in [0.1, 0.15) is 0 Å². The van der Waals surface area contributed by atoms with Crippen molar-refractivity contribution < 1.29 is 5.11 Å². The average Bonchev–Trinajstić information content (AvgIpc) is 2.03. The maximum atomic E-state index is 9.99. The maximum absolute atomic E-state index is 9.99. The summed E-state index contributed by atoms with van der Waals surface area (Å²) in [5, 5.41) is 9.99. The largest absolute Gasteiger partial charge is 0.392 e. The minimum atomic E-state index is -0.0180. The number of rotatable bonds is 0. The zero-order valence-corrected chi connectivity index (χ0v) is 8.92. The van der Waals surface area contributed by atoms with Gasteiger partial charge >= 0.3 is 0 Å². The summed E-state index contributed by atoms with van der Waals surface area (Å²) < 4.78 is 0. The zero-order valence-electron chi connectivity index (χ0n) is 8.92. The van der Waals surface area contributed by atoms with Crippen LogP contribution in [0.25, 0.3) is 0 Å². The number of fused-ring (bicyclic) bond motifs is 1. The third-order valence-corrected chi connectivity index (χ3v) is 4.44. The van der Waals surface area contributed by atoms with E-state index in [2.05, 4.69) is 13.8 Å². The molecule has 0 aromatic carbocycles. The van der Waals surface area contributed by atoms with Crippen molar-refractivity contribution in [3.05, 3.63) is 0 Å². The summed E-state index contributed by atoms with van der Waals surface area (Å²) in [6.07, 6.45) is 8.14. The van der Waals surface area contributed by atoms with Gasteiger partial charge in [0.2, 0.25) is 0 Å². The van der Waals surface area contributed by atoms with Crippen molar-refractivity contribution in [2.24, 2.45) is 17.3 Å². The Bertz CT molecular complexity index is 186. The third-order valence-electron chi connectivity index (χ3n) is 4.44. The van der Waals surface area contributed by atoms with E-state index in [1.54, 1.807) is 0 Å². The maximum Gasteiger partial charge on any atom is 0.0624 e. The Balaban J connectivity index is 2.03. The molecule has 0 bridgehead atoms. The van der Waals surface area contributed by atoms with Gasteiger partial charge in [0.25, 0.3) is 0 Å². The molecule has 2 saturated carbocycles. The number of aliphatic hydroxyl groups excluding tert-OH is 1. The molecular formula is C12H22O. The van der Waals surface area contributed by atoms with E-state index in [9.17, 15) is 5.11 Å². The number of hydrogen-bond donors (Lipinski definition) is 1. The summed E-state index contributed by atoms with van der Waals surface area (Å²) in [6.45, 7) is 4.47. The van der Waals surface area contributed by atoms with Crippen molar-refractivity contribution in [1.29, 1.82) is 0 Å². The highest BCUT2D eigenvalue weighted by atomic mass is 16.3. The second-order valence-corrected chi connectivity index (χ2v) is 5.53. The summed E-state index contributed by atoms with van der Waals surface area (Å²) in [5.74, 6) is 1.44. The molecule has 2 fully saturated rings. The van der Waals surface area contributed by atoms with Crippen molar-refractivity contribution in [2.75, 3.05) is 0 Å². The molecule has 1 heteroatoms. The molecule has 2 aliphatic carbocycles. The molecule has 2 rings (SSSR count). The van der Waals surface area contributed by atoms with E-state index in [-0.39, 0.29) is 11.5 Å². The second-order valence-electron chi connectivity index (χ2n) is 5.53. The lowest BCUT2D eigenvalue weighted by Gasteiger charge is -2.57. The van der Waals surface area contributed by atoms with Gasteiger partial charge in [-0.05, 0) is 30.1 Å². The Morgan fingerprint density at radius 2 is 1.62 bits per heavy atom. The van der Waals surface area contributed by atoms with Crippen LogP contribution in [0.4, 0.5) is 0 Å². The van der Waals surface area contributed by atoms with Crippen LogP contribution < -0.4 is 0 Å². The fraction of sp³-hybridized carbons (Fsp3) is 1.00. The van der Waals surface area contributed by atoms with Gasteiger partial charge in [-0.2, -0.15) is 0 Å². The Morgan fingerprint density at radius 1 is 1.00 bits per heavy atom. The predicted octanol–water partition coefficient (Wildman–Crippen LogP) is 2.97. The van der Waals surface area contributed by atoms with E-state index in [0.29, 0.717) is 5.92 Å². The van der Waals surface area contributed by atoms with E-state index < -0.39 is 0 Å². The van der Waals surface area contributed by atoms with E-state index in [4.69, 9.17) is 0 Å². The summed E-state index contributed by atoms with van der Waals surface area (Å²) >= 11 is 0. The van der Waals surface area contributed by atoms with Crippen molar-refractivity contribution in [3.8, 4) is 0 Å². The van der Waals surface area contributed by atoms with Gasteiger partial charge in [-0.15, -0.1) is 0 Å².